The molecule has 140 valence electrons. The van der Waals surface area contributed by atoms with Gasteiger partial charge in [0.15, 0.2) is 0 Å². The SMILES string of the molecule is O[C@H](CNCc1ccc(OCc2c(Cl)cccc2Cl)cc1)c1ccccc1. The minimum Gasteiger partial charge on any atom is -0.489 e. The van der Waals surface area contributed by atoms with E-state index >= 15 is 0 Å². The average molecular weight is 402 g/mol. The number of benzene rings is 3. The van der Waals surface area contributed by atoms with Crippen LogP contribution in [0.5, 0.6) is 5.75 Å². The molecule has 0 bridgehead atoms. The van der Waals surface area contributed by atoms with Crippen LogP contribution in [0.4, 0.5) is 0 Å². The summed E-state index contributed by atoms with van der Waals surface area (Å²) in [5.74, 6) is 0.749. The van der Waals surface area contributed by atoms with Gasteiger partial charge >= 0.3 is 0 Å². The maximum Gasteiger partial charge on any atom is 0.119 e. The number of aliphatic hydroxyl groups excluding tert-OH is 1. The number of hydrogen-bond donors (Lipinski definition) is 2. The van der Waals surface area contributed by atoms with Gasteiger partial charge in [0.1, 0.15) is 12.4 Å². The molecule has 0 spiro atoms. The molecular formula is C22H21Cl2NO2. The lowest BCUT2D eigenvalue weighted by Crippen LogP contribution is -2.20. The van der Waals surface area contributed by atoms with Crippen molar-refractivity contribution in [3.8, 4) is 5.75 Å². The Kier molecular flexibility index (Phi) is 7.13. The summed E-state index contributed by atoms with van der Waals surface area (Å²) in [4.78, 5) is 0. The predicted octanol–water partition coefficient (Wildman–Crippen LogP) is 5.40. The highest BCUT2D eigenvalue weighted by molar-refractivity contribution is 6.35. The largest absolute Gasteiger partial charge is 0.489 e. The number of nitrogens with one attached hydrogen (secondary N) is 1. The van der Waals surface area contributed by atoms with Crippen LogP contribution in [0.25, 0.3) is 0 Å². The molecule has 3 rings (SSSR count). The first-order chi connectivity index (χ1) is 13.1. The minimum atomic E-state index is -0.519. The van der Waals surface area contributed by atoms with Gasteiger partial charge in [0.25, 0.3) is 0 Å². The van der Waals surface area contributed by atoms with Gasteiger partial charge in [-0.25, -0.2) is 0 Å². The summed E-state index contributed by atoms with van der Waals surface area (Å²) in [5.41, 5.74) is 2.80. The highest BCUT2D eigenvalue weighted by atomic mass is 35.5. The molecule has 2 N–H and O–H groups in total. The Morgan fingerprint density at radius 1 is 0.852 bits per heavy atom. The van der Waals surface area contributed by atoms with Crippen LogP contribution in [-0.2, 0) is 13.2 Å². The average Bonchev–Trinajstić information content (AvgIpc) is 2.69. The lowest BCUT2D eigenvalue weighted by molar-refractivity contribution is 0.174. The van der Waals surface area contributed by atoms with Crippen LogP contribution >= 0.6 is 23.2 Å². The van der Waals surface area contributed by atoms with E-state index in [0.717, 1.165) is 22.4 Å². The van der Waals surface area contributed by atoms with Gasteiger partial charge < -0.3 is 15.2 Å². The highest BCUT2D eigenvalue weighted by Gasteiger charge is 2.07. The molecule has 0 aliphatic heterocycles. The zero-order chi connectivity index (χ0) is 19.1. The molecule has 3 aromatic carbocycles. The van der Waals surface area contributed by atoms with E-state index in [2.05, 4.69) is 5.32 Å². The number of aliphatic hydroxyl groups is 1. The topological polar surface area (TPSA) is 41.5 Å². The van der Waals surface area contributed by atoms with Crippen molar-refractivity contribution in [2.45, 2.75) is 19.3 Å². The standard InChI is InChI=1S/C22H21Cl2NO2/c23-20-7-4-8-21(24)19(20)15-27-18-11-9-16(10-12-18)13-25-14-22(26)17-5-2-1-3-6-17/h1-12,22,25-26H,13-15H2/t22-/m1/s1. The predicted molar refractivity (Wildman–Crippen MR) is 110 cm³/mol. The molecule has 1 atom stereocenters. The molecule has 27 heavy (non-hydrogen) atoms. The second-order valence-electron chi connectivity index (χ2n) is 6.19. The van der Waals surface area contributed by atoms with Crippen molar-refractivity contribution in [3.63, 3.8) is 0 Å². The Morgan fingerprint density at radius 2 is 1.52 bits per heavy atom. The number of ether oxygens (including phenoxy) is 1. The van der Waals surface area contributed by atoms with Crippen LogP contribution in [-0.4, -0.2) is 11.7 Å². The Labute approximate surface area is 169 Å². The van der Waals surface area contributed by atoms with E-state index in [4.69, 9.17) is 27.9 Å². The van der Waals surface area contributed by atoms with Crippen molar-refractivity contribution in [3.05, 3.63) is 99.5 Å². The maximum atomic E-state index is 10.2. The third-order valence-electron chi connectivity index (χ3n) is 4.22. The molecule has 3 nitrogen and oxygen atoms in total. The third kappa shape index (κ3) is 5.72. The molecule has 0 heterocycles. The fourth-order valence-electron chi connectivity index (χ4n) is 2.68. The minimum absolute atomic E-state index is 0.319. The van der Waals surface area contributed by atoms with Crippen LogP contribution in [0.2, 0.25) is 10.0 Å². The first-order valence-corrected chi connectivity index (χ1v) is 9.47. The maximum absolute atomic E-state index is 10.2. The molecule has 0 radical (unpaired) electrons. The second-order valence-corrected chi connectivity index (χ2v) is 7.00. The molecule has 0 saturated heterocycles. The first kappa shape index (κ1) is 19.7. The Morgan fingerprint density at radius 3 is 2.19 bits per heavy atom. The van der Waals surface area contributed by atoms with Crippen molar-refractivity contribution >= 4 is 23.2 Å². The van der Waals surface area contributed by atoms with E-state index in [-0.39, 0.29) is 0 Å². The van der Waals surface area contributed by atoms with E-state index in [1.54, 1.807) is 12.1 Å². The molecule has 0 amide bonds. The molecule has 0 aromatic heterocycles. The second kappa shape index (κ2) is 9.77. The summed E-state index contributed by atoms with van der Waals surface area (Å²) < 4.78 is 5.78. The summed E-state index contributed by atoms with van der Waals surface area (Å²) in [6, 6.07) is 22.8. The van der Waals surface area contributed by atoms with Gasteiger partial charge in [0, 0.05) is 28.7 Å². The molecule has 0 aliphatic carbocycles. The Balaban J connectivity index is 1.47. The highest BCUT2D eigenvalue weighted by Crippen LogP contribution is 2.26. The van der Waals surface area contributed by atoms with Crippen LogP contribution in [0, 0.1) is 0 Å². The zero-order valence-corrected chi connectivity index (χ0v) is 16.3. The number of rotatable bonds is 8. The van der Waals surface area contributed by atoms with E-state index in [9.17, 15) is 5.11 Å². The third-order valence-corrected chi connectivity index (χ3v) is 4.93. The quantitative estimate of drug-likeness (QED) is 0.531. The Bertz CT molecular complexity index is 834. The van der Waals surface area contributed by atoms with Crippen molar-refractivity contribution in [2.24, 2.45) is 0 Å². The number of hydrogen-bond acceptors (Lipinski definition) is 3. The van der Waals surface area contributed by atoms with Crippen molar-refractivity contribution in [1.82, 2.24) is 5.32 Å². The number of halogens is 2. The van der Waals surface area contributed by atoms with Gasteiger partial charge in [-0.2, -0.15) is 0 Å². The lowest BCUT2D eigenvalue weighted by Gasteiger charge is -2.13. The summed E-state index contributed by atoms with van der Waals surface area (Å²) >= 11 is 12.3. The fourth-order valence-corrected chi connectivity index (χ4v) is 3.18. The summed E-state index contributed by atoms with van der Waals surface area (Å²) in [6.45, 7) is 1.48. The van der Waals surface area contributed by atoms with E-state index in [1.165, 1.54) is 0 Å². The van der Waals surface area contributed by atoms with Crippen LogP contribution < -0.4 is 10.1 Å². The van der Waals surface area contributed by atoms with Crippen molar-refractivity contribution < 1.29 is 9.84 Å². The lowest BCUT2D eigenvalue weighted by atomic mass is 10.1. The molecule has 5 heteroatoms. The fraction of sp³-hybridized carbons (Fsp3) is 0.182. The molecule has 3 aromatic rings. The smallest absolute Gasteiger partial charge is 0.119 e. The van der Waals surface area contributed by atoms with E-state index < -0.39 is 6.10 Å². The van der Waals surface area contributed by atoms with Crippen LogP contribution in [0.3, 0.4) is 0 Å². The summed E-state index contributed by atoms with van der Waals surface area (Å²) in [6.07, 6.45) is -0.519. The van der Waals surface area contributed by atoms with Gasteiger partial charge in [0.2, 0.25) is 0 Å². The zero-order valence-electron chi connectivity index (χ0n) is 14.7. The van der Waals surface area contributed by atoms with Crippen molar-refractivity contribution in [1.29, 1.82) is 0 Å². The molecule has 0 unspecified atom stereocenters. The van der Waals surface area contributed by atoms with Gasteiger partial charge in [-0.05, 0) is 35.4 Å². The molecule has 0 saturated carbocycles. The molecule has 0 aliphatic rings. The normalized spacial score (nSPS) is 12.0. The van der Waals surface area contributed by atoms with Crippen LogP contribution in [0.1, 0.15) is 22.8 Å². The summed E-state index contributed by atoms with van der Waals surface area (Å²) in [5, 5.41) is 14.6. The van der Waals surface area contributed by atoms with Gasteiger partial charge in [-0.3, -0.25) is 0 Å². The summed E-state index contributed by atoms with van der Waals surface area (Å²) in [7, 11) is 0. The Hall–Kier alpha value is -2.04. The van der Waals surface area contributed by atoms with Gasteiger partial charge in [-0.15, -0.1) is 0 Å². The van der Waals surface area contributed by atoms with Gasteiger partial charge in [-0.1, -0.05) is 71.7 Å². The van der Waals surface area contributed by atoms with Crippen LogP contribution in [0.15, 0.2) is 72.8 Å². The van der Waals surface area contributed by atoms with Crippen molar-refractivity contribution in [2.75, 3.05) is 6.54 Å². The monoisotopic (exact) mass is 401 g/mol. The van der Waals surface area contributed by atoms with E-state index in [1.807, 2.05) is 60.7 Å². The van der Waals surface area contributed by atoms with E-state index in [0.29, 0.717) is 29.7 Å². The molecular weight excluding hydrogens is 381 g/mol. The molecule has 0 fully saturated rings. The van der Waals surface area contributed by atoms with Gasteiger partial charge in [0.05, 0.1) is 6.10 Å². The first-order valence-electron chi connectivity index (χ1n) is 8.72.